The minimum atomic E-state index is -0.250. The van der Waals surface area contributed by atoms with Gasteiger partial charge >= 0.3 is 0 Å². The van der Waals surface area contributed by atoms with E-state index in [9.17, 15) is 4.79 Å². The third-order valence-electron chi connectivity index (χ3n) is 3.30. The van der Waals surface area contributed by atoms with Crippen molar-refractivity contribution >= 4 is 22.4 Å². The van der Waals surface area contributed by atoms with Crippen molar-refractivity contribution in [2.45, 2.75) is 6.42 Å². The number of ether oxygens (including phenoxy) is 2. The number of hydrogen-bond donors (Lipinski definition) is 2. The molecule has 1 amide bonds. The molecule has 0 fully saturated rings. The van der Waals surface area contributed by atoms with Crippen molar-refractivity contribution < 1.29 is 14.3 Å². The highest BCUT2D eigenvalue weighted by molar-refractivity contribution is 7.14. The Balaban J connectivity index is 1.47. The van der Waals surface area contributed by atoms with Gasteiger partial charge in [-0.1, -0.05) is 5.21 Å². The van der Waals surface area contributed by atoms with Crippen LogP contribution in [0.15, 0.2) is 23.6 Å². The molecule has 0 bridgehead atoms. The van der Waals surface area contributed by atoms with Crippen LogP contribution in [-0.4, -0.2) is 44.7 Å². The summed E-state index contributed by atoms with van der Waals surface area (Å²) in [6.07, 6.45) is 0.0371. The molecule has 4 rings (SSSR count). The topological polar surface area (TPSA) is 115 Å². The molecule has 1 aliphatic rings. The summed E-state index contributed by atoms with van der Waals surface area (Å²) in [4.78, 5) is 16.3. The minimum Gasteiger partial charge on any atom is -0.486 e. The average molecular weight is 344 g/mol. The molecule has 2 aromatic heterocycles. The molecular formula is C14H12N6O3S. The Labute approximate surface area is 140 Å². The van der Waals surface area contributed by atoms with Crippen molar-refractivity contribution in [2.24, 2.45) is 0 Å². The third kappa shape index (κ3) is 3.04. The van der Waals surface area contributed by atoms with Crippen LogP contribution in [0.3, 0.4) is 0 Å². The molecule has 0 saturated carbocycles. The van der Waals surface area contributed by atoms with Gasteiger partial charge in [-0.05, 0) is 18.2 Å². The first-order valence-corrected chi connectivity index (χ1v) is 8.03. The highest BCUT2D eigenvalue weighted by Crippen LogP contribution is 2.35. The molecular weight excluding hydrogens is 332 g/mol. The molecule has 0 radical (unpaired) electrons. The van der Waals surface area contributed by atoms with E-state index in [1.807, 2.05) is 23.6 Å². The zero-order chi connectivity index (χ0) is 16.4. The smallest absolute Gasteiger partial charge is 0.233 e. The highest BCUT2D eigenvalue weighted by Gasteiger charge is 2.15. The van der Waals surface area contributed by atoms with Gasteiger partial charge in [0.1, 0.15) is 13.2 Å². The molecule has 0 aliphatic carbocycles. The number of anilines is 1. The molecule has 24 heavy (non-hydrogen) atoms. The van der Waals surface area contributed by atoms with E-state index in [0.29, 0.717) is 29.9 Å². The molecule has 0 atom stereocenters. The lowest BCUT2D eigenvalue weighted by molar-refractivity contribution is -0.115. The van der Waals surface area contributed by atoms with Crippen molar-refractivity contribution in [1.82, 2.24) is 25.6 Å². The van der Waals surface area contributed by atoms with E-state index in [4.69, 9.17) is 9.47 Å². The second kappa shape index (κ2) is 6.24. The maximum Gasteiger partial charge on any atom is 0.233 e. The van der Waals surface area contributed by atoms with Crippen LogP contribution in [0.5, 0.6) is 11.5 Å². The molecule has 2 N–H and O–H groups in total. The van der Waals surface area contributed by atoms with Crippen LogP contribution in [-0.2, 0) is 11.2 Å². The Bertz CT molecular complexity index is 863. The number of rotatable bonds is 4. The number of amides is 1. The van der Waals surface area contributed by atoms with Crippen molar-refractivity contribution in [3.05, 3.63) is 29.4 Å². The number of thiazole rings is 1. The van der Waals surface area contributed by atoms with Crippen molar-refractivity contribution in [2.75, 3.05) is 18.5 Å². The predicted octanol–water partition coefficient (Wildman–Crippen LogP) is 1.28. The van der Waals surface area contributed by atoms with E-state index >= 15 is 0 Å². The van der Waals surface area contributed by atoms with Crippen LogP contribution in [0.4, 0.5) is 5.13 Å². The van der Waals surface area contributed by atoms with E-state index in [2.05, 4.69) is 30.9 Å². The lowest BCUT2D eigenvalue weighted by Crippen LogP contribution is -2.15. The van der Waals surface area contributed by atoms with Gasteiger partial charge in [-0.2, -0.15) is 5.21 Å². The molecule has 1 aliphatic heterocycles. The van der Waals surface area contributed by atoms with Crippen LogP contribution >= 0.6 is 11.3 Å². The fraction of sp³-hybridized carbons (Fsp3) is 0.214. The van der Waals surface area contributed by atoms with Crippen LogP contribution in [0.1, 0.15) is 5.82 Å². The summed E-state index contributed by atoms with van der Waals surface area (Å²) < 4.78 is 11.1. The van der Waals surface area contributed by atoms with Crippen LogP contribution < -0.4 is 14.8 Å². The normalized spacial score (nSPS) is 12.8. The minimum absolute atomic E-state index is 0.0371. The first kappa shape index (κ1) is 14.6. The lowest BCUT2D eigenvalue weighted by atomic mass is 10.1. The molecule has 1 aromatic carbocycles. The van der Waals surface area contributed by atoms with Crippen LogP contribution in [0, 0.1) is 0 Å². The van der Waals surface area contributed by atoms with E-state index in [1.165, 1.54) is 11.3 Å². The summed E-state index contributed by atoms with van der Waals surface area (Å²) in [5.74, 6) is 1.51. The lowest BCUT2D eigenvalue weighted by Gasteiger charge is -2.18. The molecule has 3 aromatic rings. The van der Waals surface area contributed by atoms with Gasteiger partial charge in [-0.3, -0.25) is 4.79 Å². The predicted molar refractivity (Wildman–Crippen MR) is 85.1 cm³/mol. The first-order valence-electron chi connectivity index (χ1n) is 7.16. The summed E-state index contributed by atoms with van der Waals surface area (Å²) in [6.45, 7) is 1.09. The van der Waals surface area contributed by atoms with Crippen molar-refractivity contribution in [1.29, 1.82) is 0 Å². The molecule has 0 unspecified atom stereocenters. The number of nitrogens with one attached hydrogen (secondary N) is 2. The Kier molecular flexibility index (Phi) is 3.79. The Morgan fingerprint density at radius 2 is 2.17 bits per heavy atom. The number of tetrazole rings is 1. The van der Waals surface area contributed by atoms with Gasteiger partial charge in [-0.25, -0.2) is 4.98 Å². The third-order valence-corrected chi connectivity index (χ3v) is 4.05. The zero-order valence-electron chi connectivity index (χ0n) is 12.4. The van der Waals surface area contributed by atoms with Gasteiger partial charge < -0.3 is 14.8 Å². The highest BCUT2D eigenvalue weighted by atomic mass is 32.1. The van der Waals surface area contributed by atoms with Gasteiger partial charge in [0.15, 0.2) is 22.5 Å². The van der Waals surface area contributed by atoms with Crippen molar-refractivity contribution in [3.8, 4) is 22.8 Å². The Hall–Kier alpha value is -3.01. The SMILES string of the molecule is O=C(Cc1nn[nH]n1)Nc1nc(-c2ccc3c(c2)OCCO3)cs1. The van der Waals surface area contributed by atoms with Crippen LogP contribution in [0.2, 0.25) is 0 Å². The van der Waals surface area contributed by atoms with E-state index in [0.717, 1.165) is 17.0 Å². The van der Waals surface area contributed by atoms with Gasteiger partial charge in [0, 0.05) is 10.9 Å². The number of carbonyl (C=O) groups excluding carboxylic acids is 1. The number of aromatic nitrogens is 5. The van der Waals surface area contributed by atoms with E-state index < -0.39 is 0 Å². The number of H-pyrrole nitrogens is 1. The summed E-state index contributed by atoms with van der Waals surface area (Å²) in [5, 5.41) is 18.3. The standard InChI is InChI=1S/C14H12N6O3S/c21-13(6-12-17-19-20-18-12)16-14-15-9(7-24-14)8-1-2-10-11(5-8)23-4-3-22-10/h1-2,5,7H,3-4,6H2,(H,15,16,21)(H,17,18,19,20). The van der Waals surface area contributed by atoms with E-state index in [-0.39, 0.29) is 12.3 Å². The Morgan fingerprint density at radius 1 is 1.29 bits per heavy atom. The van der Waals surface area contributed by atoms with E-state index in [1.54, 1.807) is 0 Å². The fourth-order valence-electron chi connectivity index (χ4n) is 2.23. The largest absolute Gasteiger partial charge is 0.486 e. The molecule has 0 saturated heterocycles. The molecule has 3 heterocycles. The van der Waals surface area contributed by atoms with Gasteiger partial charge in [0.2, 0.25) is 5.91 Å². The quantitative estimate of drug-likeness (QED) is 0.732. The molecule has 122 valence electrons. The average Bonchev–Trinajstić information content (AvgIpc) is 3.26. The van der Waals surface area contributed by atoms with Gasteiger partial charge in [0.05, 0.1) is 12.1 Å². The maximum atomic E-state index is 11.9. The number of aromatic amines is 1. The second-order valence-electron chi connectivity index (χ2n) is 4.95. The zero-order valence-corrected chi connectivity index (χ0v) is 13.2. The number of carbonyl (C=O) groups is 1. The second-order valence-corrected chi connectivity index (χ2v) is 5.81. The molecule has 10 heteroatoms. The summed E-state index contributed by atoms with van der Waals surface area (Å²) in [7, 11) is 0. The number of nitrogens with zero attached hydrogens (tertiary/aromatic N) is 4. The number of hydrogen-bond acceptors (Lipinski definition) is 8. The Morgan fingerprint density at radius 3 is 3.00 bits per heavy atom. The maximum absolute atomic E-state index is 11.9. The molecule has 0 spiro atoms. The van der Waals surface area contributed by atoms with Gasteiger partial charge in [0.25, 0.3) is 0 Å². The van der Waals surface area contributed by atoms with Crippen LogP contribution in [0.25, 0.3) is 11.3 Å². The summed E-state index contributed by atoms with van der Waals surface area (Å²) in [5.41, 5.74) is 1.65. The fourth-order valence-corrected chi connectivity index (χ4v) is 2.97. The summed E-state index contributed by atoms with van der Waals surface area (Å²) in [6, 6.07) is 5.65. The number of fused-ring (bicyclic) bond motifs is 1. The molecule has 9 nitrogen and oxygen atoms in total. The monoisotopic (exact) mass is 344 g/mol. The van der Waals surface area contributed by atoms with Gasteiger partial charge in [-0.15, -0.1) is 21.5 Å². The number of benzene rings is 1. The van der Waals surface area contributed by atoms with Crippen molar-refractivity contribution in [3.63, 3.8) is 0 Å². The summed E-state index contributed by atoms with van der Waals surface area (Å²) >= 11 is 1.34. The first-order chi connectivity index (χ1) is 11.8.